The average Bonchev–Trinajstić information content (AvgIpc) is 2.64. The highest BCUT2D eigenvalue weighted by atomic mass is 16.5. The summed E-state index contributed by atoms with van der Waals surface area (Å²) in [5, 5.41) is 19.1. The van der Waals surface area contributed by atoms with Crippen LogP contribution in [0.25, 0.3) is 0 Å². The minimum absolute atomic E-state index is 0.158. The van der Waals surface area contributed by atoms with Crippen molar-refractivity contribution < 1.29 is 29.3 Å². The second-order valence-electron chi connectivity index (χ2n) is 7.85. The zero-order valence-electron chi connectivity index (χ0n) is 15.7. The van der Waals surface area contributed by atoms with E-state index in [1.165, 1.54) is 0 Å². The van der Waals surface area contributed by atoms with Gasteiger partial charge in [-0.15, -0.1) is 0 Å². The van der Waals surface area contributed by atoms with Crippen LogP contribution in [0.2, 0.25) is 0 Å². The molecule has 0 amide bonds. The predicted octanol–water partition coefficient (Wildman–Crippen LogP) is 2.74. The highest BCUT2D eigenvalue weighted by Gasteiger charge is 2.27. The average molecular weight is 370 g/mol. The Hall–Kier alpha value is -1.14. The van der Waals surface area contributed by atoms with Crippen molar-refractivity contribution in [1.82, 2.24) is 0 Å². The smallest absolute Gasteiger partial charge is 0.309 e. The number of unbranched alkanes of at least 4 members (excludes halogenated alkanes) is 2. The number of carbonyl (C=O) groups is 2. The standard InChI is InChI=1S/C20H34O6/c21-17-10-8-15(9-11-17)14-26-19(23)7-2-1-3-12-25-20(24)16-5-4-6-18(22)13-16/h15-18,21-22H,1-14H2. The van der Waals surface area contributed by atoms with Gasteiger partial charge in [-0.1, -0.05) is 6.42 Å². The third-order valence-corrected chi connectivity index (χ3v) is 5.55. The molecule has 6 nitrogen and oxygen atoms in total. The molecule has 2 aliphatic rings. The second kappa shape index (κ2) is 11.5. The number of aliphatic hydroxyl groups is 2. The van der Waals surface area contributed by atoms with Gasteiger partial charge in [-0.3, -0.25) is 9.59 Å². The number of aliphatic hydroxyl groups excluding tert-OH is 2. The molecular weight excluding hydrogens is 336 g/mol. The Balaban J connectivity index is 1.43. The van der Waals surface area contributed by atoms with Gasteiger partial charge in [0.1, 0.15) is 0 Å². The molecule has 0 saturated heterocycles. The zero-order valence-corrected chi connectivity index (χ0v) is 15.7. The first-order valence-electron chi connectivity index (χ1n) is 10.2. The van der Waals surface area contributed by atoms with Crippen LogP contribution in [0.1, 0.15) is 77.0 Å². The molecule has 0 heterocycles. The normalized spacial score (nSPS) is 29.2. The molecule has 0 aromatic rings. The number of esters is 2. The Labute approximate surface area is 156 Å². The Bertz CT molecular complexity index is 430. The van der Waals surface area contributed by atoms with E-state index in [-0.39, 0.29) is 30.1 Å². The van der Waals surface area contributed by atoms with Crippen LogP contribution in [0.5, 0.6) is 0 Å². The Morgan fingerprint density at radius 2 is 1.62 bits per heavy atom. The monoisotopic (exact) mass is 370 g/mol. The molecule has 2 N–H and O–H groups in total. The maximum atomic E-state index is 11.9. The van der Waals surface area contributed by atoms with E-state index in [1.54, 1.807) is 0 Å². The third kappa shape index (κ3) is 8.04. The topological polar surface area (TPSA) is 93.1 Å². The van der Waals surface area contributed by atoms with Crippen LogP contribution >= 0.6 is 0 Å². The van der Waals surface area contributed by atoms with Gasteiger partial charge < -0.3 is 19.7 Å². The first-order valence-corrected chi connectivity index (χ1v) is 10.2. The minimum atomic E-state index is -0.369. The van der Waals surface area contributed by atoms with Crippen LogP contribution < -0.4 is 0 Å². The molecule has 0 aliphatic heterocycles. The molecule has 150 valence electrons. The van der Waals surface area contributed by atoms with E-state index in [0.717, 1.165) is 64.2 Å². The molecule has 2 unspecified atom stereocenters. The summed E-state index contributed by atoms with van der Waals surface area (Å²) in [5.74, 6) is -0.125. The maximum absolute atomic E-state index is 11.9. The largest absolute Gasteiger partial charge is 0.465 e. The summed E-state index contributed by atoms with van der Waals surface area (Å²) in [6.45, 7) is 0.848. The van der Waals surface area contributed by atoms with E-state index < -0.39 is 0 Å². The SMILES string of the molecule is O=C(CCCCCOC(=O)C1CCCC(O)C1)OCC1CCC(O)CC1. The van der Waals surface area contributed by atoms with Gasteiger partial charge in [0.25, 0.3) is 0 Å². The fourth-order valence-electron chi connectivity index (χ4n) is 3.81. The van der Waals surface area contributed by atoms with Crippen LogP contribution in [0, 0.1) is 11.8 Å². The number of rotatable bonds is 9. The van der Waals surface area contributed by atoms with E-state index in [9.17, 15) is 19.8 Å². The quantitative estimate of drug-likeness (QED) is 0.479. The summed E-state index contributed by atoms with van der Waals surface area (Å²) < 4.78 is 10.6. The molecule has 2 fully saturated rings. The number of carbonyl (C=O) groups excluding carboxylic acids is 2. The van der Waals surface area contributed by atoms with Crippen molar-refractivity contribution in [3.63, 3.8) is 0 Å². The van der Waals surface area contributed by atoms with Crippen LogP contribution in [-0.2, 0) is 19.1 Å². The van der Waals surface area contributed by atoms with Crippen molar-refractivity contribution in [1.29, 1.82) is 0 Å². The molecular formula is C20H34O6. The summed E-state index contributed by atoms with van der Waals surface area (Å²) in [4.78, 5) is 23.7. The number of hydrogen-bond acceptors (Lipinski definition) is 6. The van der Waals surface area contributed by atoms with Gasteiger partial charge in [-0.05, 0) is 70.1 Å². The third-order valence-electron chi connectivity index (χ3n) is 5.55. The molecule has 26 heavy (non-hydrogen) atoms. The molecule has 0 aromatic carbocycles. The predicted molar refractivity (Wildman–Crippen MR) is 96.3 cm³/mol. The Kier molecular flexibility index (Phi) is 9.40. The van der Waals surface area contributed by atoms with Crippen molar-refractivity contribution in [2.45, 2.75) is 89.3 Å². The fourth-order valence-corrected chi connectivity index (χ4v) is 3.81. The molecule has 2 saturated carbocycles. The molecule has 2 aliphatic carbocycles. The lowest BCUT2D eigenvalue weighted by Gasteiger charge is -2.24. The van der Waals surface area contributed by atoms with Gasteiger partial charge >= 0.3 is 11.9 Å². The first kappa shape index (κ1) is 21.2. The Morgan fingerprint density at radius 1 is 0.846 bits per heavy atom. The lowest BCUT2D eigenvalue weighted by atomic mass is 9.87. The van der Waals surface area contributed by atoms with Gasteiger partial charge in [-0.2, -0.15) is 0 Å². The second-order valence-corrected chi connectivity index (χ2v) is 7.85. The summed E-state index contributed by atoms with van der Waals surface area (Å²) >= 11 is 0. The molecule has 0 bridgehead atoms. The van der Waals surface area contributed by atoms with Gasteiger partial charge in [0, 0.05) is 6.42 Å². The summed E-state index contributed by atoms with van der Waals surface area (Å²) in [7, 11) is 0. The van der Waals surface area contributed by atoms with Crippen LogP contribution in [0.3, 0.4) is 0 Å². The van der Waals surface area contributed by atoms with E-state index >= 15 is 0 Å². The van der Waals surface area contributed by atoms with Crippen LogP contribution in [0.15, 0.2) is 0 Å². The molecule has 0 aromatic heterocycles. The molecule has 0 radical (unpaired) electrons. The van der Waals surface area contributed by atoms with Crippen molar-refractivity contribution in [3.8, 4) is 0 Å². The molecule has 2 atom stereocenters. The number of hydrogen-bond donors (Lipinski definition) is 2. The van der Waals surface area contributed by atoms with Gasteiger partial charge in [0.15, 0.2) is 0 Å². The van der Waals surface area contributed by atoms with Gasteiger partial charge in [0.2, 0.25) is 0 Å². The first-order chi connectivity index (χ1) is 12.5. The lowest BCUT2D eigenvalue weighted by Crippen LogP contribution is -2.27. The van der Waals surface area contributed by atoms with Crippen molar-refractivity contribution >= 4 is 11.9 Å². The van der Waals surface area contributed by atoms with Crippen LogP contribution in [-0.4, -0.2) is 47.6 Å². The summed E-state index contributed by atoms with van der Waals surface area (Å²) in [6, 6.07) is 0. The van der Waals surface area contributed by atoms with E-state index in [0.29, 0.717) is 32.0 Å². The van der Waals surface area contributed by atoms with E-state index in [2.05, 4.69) is 0 Å². The van der Waals surface area contributed by atoms with Crippen molar-refractivity contribution in [3.05, 3.63) is 0 Å². The van der Waals surface area contributed by atoms with Crippen molar-refractivity contribution in [2.75, 3.05) is 13.2 Å². The summed E-state index contributed by atoms with van der Waals surface area (Å²) in [6.07, 6.45) is 8.61. The van der Waals surface area contributed by atoms with Gasteiger partial charge in [0.05, 0.1) is 31.3 Å². The van der Waals surface area contributed by atoms with Gasteiger partial charge in [-0.25, -0.2) is 0 Å². The van der Waals surface area contributed by atoms with Crippen molar-refractivity contribution in [2.24, 2.45) is 11.8 Å². The minimum Gasteiger partial charge on any atom is -0.465 e. The van der Waals surface area contributed by atoms with Crippen LogP contribution in [0.4, 0.5) is 0 Å². The molecule has 0 spiro atoms. The maximum Gasteiger partial charge on any atom is 0.309 e. The van der Waals surface area contributed by atoms with E-state index in [1.807, 2.05) is 0 Å². The molecule has 2 rings (SSSR count). The zero-order chi connectivity index (χ0) is 18.8. The lowest BCUT2D eigenvalue weighted by molar-refractivity contribution is -0.151. The van der Waals surface area contributed by atoms with E-state index in [4.69, 9.17) is 9.47 Å². The fraction of sp³-hybridized carbons (Fsp3) is 0.900. The number of ether oxygens (including phenoxy) is 2. The highest BCUT2D eigenvalue weighted by molar-refractivity contribution is 5.72. The summed E-state index contributed by atoms with van der Waals surface area (Å²) in [5.41, 5.74) is 0. The Morgan fingerprint density at radius 3 is 2.35 bits per heavy atom. The highest BCUT2D eigenvalue weighted by Crippen LogP contribution is 2.26. The molecule has 6 heteroatoms.